The molecule has 0 saturated heterocycles. The lowest BCUT2D eigenvalue weighted by Crippen LogP contribution is -2.21. The Morgan fingerprint density at radius 2 is 1.68 bits per heavy atom. The summed E-state index contributed by atoms with van der Waals surface area (Å²) in [6.45, 7) is 6.90. The van der Waals surface area contributed by atoms with E-state index in [1.807, 2.05) is 12.1 Å². The molecular weight excluding hydrogens is 355 g/mol. The second kappa shape index (κ2) is 9.64. The summed E-state index contributed by atoms with van der Waals surface area (Å²) in [6.07, 6.45) is 2.35. The van der Waals surface area contributed by atoms with Gasteiger partial charge in [-0.15, -0.1) is 5.10 Å². The molecule has 0 fully saturated rings. The monoisotopic (exact) mass is 380 g/mol. The number of anilines is 4. The van der Waals surface area contributed by atoms with Crippen molar-refractivity contribution >= 4 is 23.1 Å². The van der Waals surface area contributed by atoms with E-state index in [1.165, 1.54) is 17.8 Å². The van der Waals surface area contributed by atoms with Crippen molar-refractivity contribution in [2.24, 2.45) is 0 Å². The lowest BCUT2D eigenvalue weighted by molar-refractivity contribution is 0.627. The maximum Gasteiger partial charge on any atom is 0.249 e. The summed E-state index contributed by atoms with van der Waals surface area (Å²) < 4.78 is 12.9. The van der Waals surface area contributed by atoms with E-state index in [0.29, 0.717) is 18.3 Å². The SMILES string of the molecule is CCN(CC)c1ccc(Nc2nncc(NCCc3ccc(F)cc3)n2)cc1. The fourth-order valence-electron chi connectivity index (χ4n) is 2.90. The standard InChI is InChI=1S/C21H25FN6/c1-3-28(4-2)19-11-9-18(10-12-19)25-21-26-20(15-24-27-21)23-14-13-16-5-7-17(22)8-6-16/h5-12,15H,3-4,13-14H2,1-2H3,(H2,23,25,26,27). The molecule has 2 N–H and O–H groups in total. The number of nitrogens with one attached hydrogen (secondary N) is 2. The van der Waals surface area contributed by atoms with Crippen molar-refractivity contribution in [2.75, 3.05) is 35.2 Å². The molecule has 0 spiro atoms. The summed E-state index contributed by atoms with van der Waals surface area (Å²) in [5, 5.41) is 14.4. The van der Waals surface area contributed by atoms with Crippen LogP contribution >= 0.6 is 0 Å². The third-order valence-corrected chi connectivity index (χ3v) is 4.44. The summed E-state index contributed by atoms with van der Waals surface area (Å²) in [7, 11) is 0. The third-order valence-electron chi connectivity index (χ3n) is 4.44. The van der Waals surface area contributed by atoms with Crippen LogP contribution in [0.15, 0.2) is 54.7 Å². The molecule has 7 heteroatoms. The molecule has 6 nitrogen and oxygen atoms in total. The molecule has 0 aliphatic heterocycles. The minimum atomic E-state index is -0.224. The minimum absolute atomic E-state index is 0.224. The lowest BCUT2D eigenvalue weighted by Gasteiger charge is -2.21. The largest absolute Gasteiger partial charge is 0.372 e. The van der Waals surface area contributed by atoms with Crippen molar-refractivity contribution in [3.8, 4) is 0 Å². The Kier molecular flexibility index (Phi) is 6.73. The van der Waals surface area contributed by atoms with Gasteiger partial charge in [0.15, 0.2) is 5.82 Å². The second-order valence-electron chi connectivity index (χ2n) is 6.31. The molecular formula is C21H25FN6. The first-order valence-electron chi connectivity index (χ1n) is 9.48. The van der Waals surface area contributed by atoms with E-state index in [1.54, 1.807) is 18.3 Å². The van der Waals surface area contributed by atoms with Crippen LogP contribution in [-0.4, -0.2) is 34.8 Å². The predicted octanol–water partition coefficient (Wildman–Crippen LogP) is 4.26. The van der Waals surface area contributed by atoms with Crippen LogP contribution in [0.4, 0.5) is 27.5 Å². The molecule has 146 valence electrons. The molecule has 0 amide bonds. The van der Waals surface area contributed by atoms with Gasteiger partial charge in [-0.1, -0.05) is 12.1 Å². The summed E-state index contributed by atoms with van der Waals surface area (Å²) in [5.74, 6) is 0.847. The van der Waals surface area contributed by atoms with Gasteiger partial charge in [0.2, 0.25) is 5.95 Å². The maximum atomic E-state index is 12.9. The van der Waals surface area contributed by atoms with E-state index in [4.69, 9.17) is 0 Å². The van der Waals surface area contributed by atoms with E-state index in [2.05, 4.69) is 56.7 Å². The number of hydrogen-bond donors (Lipinski definition) is 2. The van der Waals surface area contributed by atoms with E-state index in [-0.39, 0.29) is 5.82 Å². The second-order valence-corrected chi connectivity index (χ2v) is 6.31. The van der Waals surface area contributed by atoms with E-state index in [9.17, 15) is 4.39 Å². The Bertz CT molecular complexity index is 863. The Balaban J connectivity index is 1.56. The molecule has 28 heavy (non-hydrogen) atoms. The first-order valence-corrected chi connectivity index (χ1v) is 9.48. The number of halogens is 1. The zero-order valence-corrected chi connectivity index (χ0v) is 16.2. The van der Waals surface area contributed by atoms with Gasteiger partial charge in [-0.25, -0.2) is 4.39 Å². The summed E-state index contributed by atoms with van der Waals surface area (Å²) >= 11 is 0. The zero-order valence-electron chi connectivity index (χ0n) is 16.2. The Morgan fingerprint density at radius 1 is 0.964 bits per heavy atom. The van der Waals surface area contributed by atoms with Gasteiger partial charge < -0.3 is 15.5 Å². The van der Waals surface area contributed by atoms with E-state index >= 15 is 0 Å². The molecule has 3 aromatic rings. The van der Waals surface area contributed by atoms with Gasteiger partial charge in [-0.2, -0.15) is 10.1 Å². The normalized spacial score (nSPS) is 10.5. The van der Waals surface area contributed by atoms with Crippen LogP contribution in [0.1, 0.15) is 19.4 Å². The fourth-order valence-corrected chi connectivity index (χ4v) is 2.90. The van der Waals surface area contributed by atoms with Crippen LogP contribution in [-0.2, 0) is 6.42 Å². The predicted molar refractivity (Wildman–Crippen MR) is 112 cm³/mol. The maximum absolute atomic E-state index is 12.9. The average Bonchev–Trinajstić information content (AvgIpc) is 2.72. The van der Waals surface area contributed by atoms with Gasteiger partial charge in [0.1, 0.15) is 5.82 Å². The summed E-state index contributed by atoms with van der Waals surface area (Å²) in [6, 6.07) is 14.7. The number of aromatic nitrogens is 3. The van der Waals surface area contributed by atoms with Crippen LogP contribution in [0.25, 0.3) is 0 Å². The van der Waals surface area contributed by atoms with Gasteiger partial charge >= 0.3 is 0 Å². The van der Waals surface area contributed by atoms with E-state index < -0.39 is 0 Å². The van der Waals surface area contributed by atoms with Crippen LogP contribution in [0.2, 0.25) is 0 Å². The fraction of sp³-hybridized carbons (Fsp3) is 0.286. The van der Waals surface area contributed by atoms with Gasteiger partial charge in [0.05, 0.1) is 6.20 Å². The molecule has 1 aromatic heterocycles. The van der Waals surface area contributed by atoms with Gasteiger partial charge in [0, 0.05) is 31.0 Å². The number of benzene rings is 2. The molecule has 0 bridgehead atoms. The zero-order chi connectivity index (χ0) is 19.8. The third kappa shape index (κ3) is 5.39. The molecule has 3 rings (SSSR count). The van der Waals surface area contributed by atoms with Crippen LogP contribution in [0, 0.1) is 5.82 Å². The highest BCUT2D eigenvalue weighted by molar-refractivity contribution is 5.59. The highest BCUT2D eigenvalue weighted by Crippen LogP contribution is 2.19. The topological polar surface area (TPSA) is 66.0 Å². The quantitative estimate of drug-likeness (QED) is 0.578. The highest BCUT2D eigenvalue weighted by Gasteiger charge is 2.04. The molecule has 0 saturated carbocycles. The molecule has 2 aromatic carbocycles. The molecule has 0 aliphatic carbocycles. The van der Waals surface area contributed by atoms with Crippen molar-refractivity contribution in [3.05, 3.63) is 66.1 Å². The average molecular weight is 380 g/mol. The number of nitrogens with zero attached hydrogens (tertiary/aromatic N) is 4. The van der Waals surface area contributed by atoms with Crippen molar-refractivity contribution in [2.45, 2.75) is 20.3 Å². The first kappa shape index (κ1) is 19.5. The number of hydrogen-bond acceptors (Lipinski definition) is 6. The molecule has 0 radical (unpaired) electrons. The summed E-state index contributed by atoms with van der Waals surface area (Å²) in [4.78, 5) is 6.72. The van der Waals surface area contributed by atoms with Crippen LogP contribution in [0.5, 0.6) is 0 Å². The van der Waals surface area contributed by atoms with Gasteiger partial charge in [-0.3, -0.25) is 0 Å². The van der Waals surface area contributed by atoms with Crippen molar-refractivity contribution in [1.29, 1.82) is 0 Å². The van der Waals surface area contributed by atoms with Crippen molar-refractivity contribution in [1.82, 2.24) is 15.2 Å². The van der Waals surface area contributed by atoms with Crippen molar-refractivity contribution < 1.29 is 4.39 Å². The van der Waals surface area contributed by atoms with Crippen LogP contribution in [0.3, 0.4) is 0 Å². The van der Waals surface area contributed by atoms with E-state index in [0.717, 1.165) is 30.8 Å². The minimum Gasteiger partial charge on any atom is -0.372 e. The van der Waals surface area contributed by atoms with Gasteiger partial charge in [-0.05, 0) is 62.2 Å². The molecule has 0 unspecified atom stereocenters. The van der Waals surface area contributed by atoms with Crippen molar-refractivity contribution in [3.63, 3.8) is 0 Å². The highest BCUT2D eigenvalue weighted by atomic mass is 19.1. The number of rotatable bonds is 9. The Labute approximate surface area is 164 Å². The Hall–Kier alpha value is -3.22. The van der Waals surface area contributed by atoms with Crippen LogP contribution < -0.4 is 15.5 Å². The Morgan fingerprint density at radius 3 is 2.36 bits per heavy atom. The summed E-state index contributed by atoms with van der Waals surface area (Å²) in [5.41, 5.74) is 3.15. The molecule has 1 heterocycles. The first-order chi connectivity index (χ1) is 13.7. The molecule has 0 atom stereocenters. The van der Waals surface area contributed by atoms with Gasteiger partial charge in [0.25, 0.3) is 0 Å². The lowest BCUT2D eigenvalue weighted by atomic mass is 10.1. The smallest absolute Gasteiger partial charge is 0.249 e. The molecule has 0 aliphatic rings.